The summed E-state index contributed by atoms with van der Waals surface area (Å²) >= 11 is 0. The van der Waals surface area contributed by atoms with Gasteiger partial charge in [0.2, 0.25) is 5.91 Å². The molecule has 5 nitrogen and oxygen atoms in total. The number of halogens is 2. The molecule has 0 spiro atoms. The predicted octanol–water partition coefficient (Wildman–Crippen LogP) is 3.78. The number of nitrogens with zero attached hydrogens (tertiary/aromatic N) is 3. The Balaban J connectivity index is 1.39. The number of hydrogen-bond acceptors (Lipinski definition) is 3. The normalized spacial score (nSPS) is 19.6. The van der Waals surface area contributed by atoms with Gasteiger partial charge in [-0.1, -0.05) is 30.3 Å². The zero-order valence-corrected chi connectivity index (χ0v) is 15.8. The monoisotopic (exact) mass is 397 g/mol. The van der Waals surface area contributed by atoms with E-state index in [9.17, 15) is 18.4 Å². The molecular formula is C22H21F2N3O2. The molecule has 0 N–H and O–H groups in total. The lowest BCUT2D eigenvalue weighted by molar-refractivity contribution is -0.138. The highest BCUT2D eigenvalue weighted by Gasteiger charge is 2.35. The van der Waals surface area contributed by atoms with Crippen molar-refractivity contribution >= 4 is 18.0 Å². The van der Waals surface area contributed by atoms with Gasteiger partial charge in [-0.05, 0) is 30.5 Å². The number of carbonyl (C=O) groups excluding carboxylic acids is 2. The zero-order chi connectivity index (χ0) is 20.4. The number of piperidine rings is 1. The van der Waals surface area contributed by atoms with Crippen LogP contribution in [0.1, 0.15) is 41.2 Å². The molecule has 1 atom stereocenters. The van der Waals surface area contributed by atoms with Gasteiger partial charge in [0.25, 0.3) is 5.91 Å². The molecule has 4 rings (SSSR count). The summed E-state index contributed by atoms with van der Waals surface area (Å²) in [6, 6.07) is 12.6. The molecule has 1 fully saturated rings. The Kier molecular flexibility index (Phi) is 5.38. The Labute approximate surface area is 167 Å². The highest BCUT2D eigenvalue weighted by Crippen LogP contribution is 2.32. The number of benzene rings is 2. The molecule has 1 unspecified atom stereocenters. The molecule has 2 aliphatic rings. The first-order chi connectivity index (χ1) is 14.0. The van der Waals surface area contributed by atoms with E-state index in [4.69, 9.17) is 0 Å². The van der Waals surface area contributed by atoms with Crippen LogP contribution in [0.4, 0.5) is 8.78 Å². The Bertz CT molecular complexity index is 940. The van der Waals surface area contributed by atoms with E-state index in [1.165, 1.54) is 4.90 Å². The van der Waals surface area contributed by atoms with Crippen LogP contribution in [-0.4, -0.2) is 41.0 Å². The summed E-state index contributed by atoms with van der Waals surface area (Å²) in [5, 5.41) is 5.84. The molecule has 0 aliphatic carbocycles. The molecule has 2 aliphatic heterocycles. The van der Waals surface area contributed by atoms with Gasteiger partial charge in [0.15, 0.2) is 0 Å². The van der Waals surface area contributed by atoms with Crippen LogP contribution in [0, 0.1) is 17.6 Å². The summed E-state index contributed by atoms with van der Waals surface area (Å²) in [6.45, 7) is 0.694. The molecule has 0 aromatic heterocycles. The maximum atomic E-state index is 13.9. The minimum atomic E-state index is -0.870. The van der Waals surface area contributed by atoms with E-state index in [1.54, 1.807) is 11.2 Å². The number of carbonyl (C=O) groups is 2. The molecular weight excluding hydrogens is 376 g/mol. The van der Waals surface area contributed by atoms with E-state index in [1.807, 2.05) is 30.3 Å². The van der Waals surface area contributed by atoms with E-state index >= 15 is 0 Å². The largest absolute Gasteiger partial charge is 0.339 e. The maximum Gasteiger partial charge on any atom is 0.256 e. The van der Waals surface area contributed by atoms with Crippen LogP contribution in [-0.2, 0) is 4.79 Å². The minimum Gasteiger partial charge on any atom is -0.339 e. The van der Waals surface area contributed by atoms with Gasteiger partial charge >= 0.3 is 0 Å². The van der Waals surface area contributed by atoms with Gasteiger partial charge in [0.1, 0.15) is 11.6 Å². The number of hydrogen-bond donors (Lipinski definition) is 0. The summed E-state index contributed by atoms with van der Waals surface area (Å²) in [5.41, 5.74) is 0.891. The van der Waals surface area contributed by atoms with Crippen molar-refractivity contribution in [3.05, 3.63) is 71.3 Å². The molecule has 2 aromatic carbocycles. The second-order valence-electron chi connectivity index (χ2n) is 7.33. The van der Waals surface area contributed by atoms with Gasteiger partial charge in [-0.25, -0.2) is 13.8 Å². The van der Waals surface area contributed by atoms with Crippen LogP contribution in [0.25, 0.3) is 0 Å². The van der Waals surface area contributed by atoms with E-state index in [0.29, 0.717) is 38.4 Å². The number of hydrazone groups is 1. The van der Waals surface area contributed by atoms with E-state index in [2.05, 4.69) is 5.10 Å². The molecule has 29 heavy (non-hydrogen) atoms. The van der Waals surface area contributed by atoms with Crippen LogP contribution in [0.3, 0.4) is 0 Å². The number of rotatable bonds is 3. The van der Waals surface area contributed by atoms with Crippen molar-refractivity contribution in [2.75, 3.05) is 13.1 Å². The molecule has 2 heterocycles. The summed E-state index contributed by atoms with van der Waals surface area (Å²) in [4.78, 5) is 27.1. The quantitative estimate of drug-likeness (QED) is 0.792. The second-order valence-corrected chi connectivity index (χ2v) is 7.33. The molecule has 1 saturated heterocycles. The first-order valence-corrected chi connectivity index (χ1v) is 9.69. The van der Waals surface area contributed by atoms with Crippen LogP contribution >= 0.6 is 0 Å². The molecule has 150 valence electrons. The van der Waals surface area contributed by atoms with Crippen molar-refractivity contribution in [3.63, 3.8) is 0 Å². The van der Waals surface area contributed by atoms with Gasteiger partial charge in [0, 0.05) is 37.7 Å². The van der Waals surface area contributed by atoms with Gasteiger partial charge in [-0.2, -0.15) is 5.10 Å². The summed E-state index contributed by atoms with van der Waals surface area (Å²) in [6.07, 6.45) is 3.41. The van der Waals surface area contributed by atoms with E-state index in [-0.39, 0.29) is 23.4 Å². The number of amides is 2. The Morgan fingerprint density at radius 1 is 1.00 bits per heavy atom. The Morgan fingerprint density at radius 2 is 1.72 bits per heavy atom. The second kappa shape index (κ2) is 8.11. The van der Waals surface area contributed by atoms with Crippen LogP contribution in [0.15, 0.2) is 53.6 Å². The lowest BCUT2D eigenvalue weighted by Crippen LogP contribution is -2.43. The smallest absolute Gasteiger partial charge is 0.256 e. The highest BCUT2D eigenvalue weighted by atomic mass is 19.1. The van der Waals surface area contributed by atoms with Gasteiger partial charge in [-0.15, -0.1) is 0 Å². The summed E-state index contributed by atoms with van der Waals surface area (Å²) < 4.78 is 27.0. The fourth-order valence-electron chi connectivity index (χ4n) is 3.93. The third kappa shape index (κ3) is 3.90. The minimum absolute atomic E-state index is 0.0485. The fraction of sp³-hybridized carbons (Fsp3) is 0.318. The van der Waals surface area contributed by atoms with Crippen molar-refractivity contribution in [3.8, 4) is 0 Å². The van der Waals surface area contributed by atoms with Crippen LogP contribution in [0.5, 0.6) is 0 Å². The average molecular weight is 397 g/mol. The molecule has 2 amide bonds. The third-order valence-corrected chi connectivity index (χ3v) is 5.53. The van der Waals surface area contributed by atoms with Crippen molar-refractivity contribution in [1.29, 1.82) is 0 Å². The summed E-state index contributed by atoms with van der Waals surface area (Å²) in [7, 11) is 0. The standard InChI is InChI=1S/C22H21F2N3O2/c23-17-6-7-18(19(24)14-17)22(29)26-12-9-16(10-13-26)21(28)27-20(8-11-25-27)15-4-2-1-3-5-15/h1-7,11,14,16,20H,8-10,12-13H2. The van der Waals surface area contributed by atoms with Crippen molar-refractivity contribution in [1.82, 2.24) is 9.91 Å². The molecule has 2 aromatic rings. The lowest BCUT2D eigenvalue weighted by atomic mass is 9.94. The fourth-order valence-corrected chi connectivity index (χ4v) is 3.93. The predicted molar refractivity (Wildman–Crippen MR) is 104 cm³/mol. The lowest BCUT2D eigenvalue weighted by Gasteiger charge is -2.34. The van der Waals surface area contributed by atoms with E-state index in [0.717, 1.165) is 17.7 Å². The van der Waals surface area contributed by atoms with Crippen LogP contribution < -0.4 is 0 Å². The van der Waals surface area contributed by atoms with E-state index < -0.39 is 17.5 Å². The third-order valence-electron chi connectivity index (χ3n) is 5.53. The molecule has 7 heteroatoms. The molecule has 0 bridgehead atoms. The van der Waals surface area contributed by atoms with Gasteiger partial charge < -0.3 is 4.90 Å². The SMILES string of the molecule is O=C(c1ccc(F)cc1F)N1CCC(C(=O)N2N=CCC2c2ccccc2)CC1. The van der Waals surface area contributed by atoms with Gasteiger partial charge in [-0.3, -0.25) is 9.59 Å². The van der Waals surface area contributed by atoms with Crippen molar-refractivity contribution < 1.29 is 18.4 Å². The highest BCUT2D eigenvalue weighted by molar-refractivity contribution is 5.94. The average Bonchev–Trinajstić information content (AvgIpc) is 3.23. The molecule has 0 saturated carbocycles. The molecule has 0 radical (unpaired) electrons. The maximum absolute atomic E-state index is 13.9. The topological polar surface area (TPSA) is 53.0 Å². The van der Waals surface area contributed by atoms with Gasteiger partial charge in [0.05, 0.1) is 11.6 Å². The summed E-state index contributed by atoms with van der Waals surface area (Å²) in [5.74, 6) is -2.35. The van der Waals surface area contributed by atoms with Crippen molar-refractivity contribution in [2.24, 2.45) is 11.0 Å². The number of likely N-dealkylation sites (tertiary alicyclic amines) is 1. The van der Waals surface area contributed by atoms with Crippen LogP contribution in [0.2, 0.25) is 0 Å². The zero-order valence-electron chi connectivity index (χ0n) is 15.8. The Hall–Kier alpha value is -3.09. The van der Waals surface area contributed by atoms with Crippen molar-refractivity contribution in [2.45, 2.75) is 25.3 Å². The first-order valence-electron chi connectivity index (χ1n) is 9.69. The Morgan fingerprint density at radius 3 is 2.41 bits per heavy atom. The first kappa shape index (κ1) is 19.2.